The molecular weight excluding hydrogens is 250 g/mol. The molecule has 0 atom stereocenters. The number of hydrogen-bond donors (Lipinski definition) is 0. The first-order valence-corrected chi connectivity index (χ1v) is 4.34. The summed E-state index contributed by atoms with van der Waals surface area (Å²) < 4.78 is 13.4. The lowest BCUT2D eigenvalue weighted by Crippen LogP contribution is -1.89. The van der Waals surface area contributed by atoms with Gasteiger partial charge < -0.3 is 0 Å². The van der Waals surface area contributed by atoms with Gasteiger partial charge in [-0.2, -0.15) is 0 Å². The minimum Gasteiger partial charge on any atom is -0.207 e. The Morgan fingerprint density at radius 1 is 1.55 bits per heavy atom. The summed E-state index contributed by atoms with van der Waals surface area (Å²) in [5.41, 5.74) is 0.515. The van der Waals surface area contributed by atoms with Crippen LogP contribution in [0.3, 0.4) is 0 Å². The predicted octanol–water partition coefficient (Wildman–Crippen LogP) is 3.50. The third-order valence-corrected chi connectivity index (χ3v) is 2.26. The molecular formula is C7H3BrClFS. The number of benzene rings is 1. The third-order valence-electron chi connectivity index (χ3n) is 1.14. The summed E-state index contributed by atoms with van der Waals surface area (Å²) in [6.45, 7) is 0. The lowest BCUT2D eigenvalue weighted by atomic mass is 10.2. The Balaban J connectivity index is 3.23. The summed E-state index contributed by atoms with van der Waals surface area (Å²) in [6, 6.07) is 4.20. The monoisotopic (exact) mass is 252 g/mol. The second kappa shape index (κ2) is 3.61. The van der Waals surface area contributed by atoms with Crippen molar-refractivity contribution < 1.29 is 4.39 Å². The largest absolute Gasteiger partial charge is 0.207 e. The summed E-state index contributed by atoms with van der Waals surface area (Å²) in [5.74, 6) is -0.341. The molecule has 4 heteroatoms. The van der Waals surface area contributed by atoms with E-state index in [1.165, 1.54) is 12.1 Å². The Bertz CT molecular complexity index is 300. The molecule has 0 radical (unpaired) electrons. The van der Waals surface area contributed by atoms with E-state index in [1.54, 1.807) is 6.07 Å². The quantitative estimate of drug-likeness (QED) is 0.545. The van der Waals surface area contributed by atoms with Crippen molar-refractivity contribution in [3.05, 3.63) is 34.1 Å². The molecule has 11 heavy (non-hydrogen) atoms. The normalized spacial score (nSPS) is 9.73. The summed E-state index contributed by atoms with van der Waals surface area (Å²) >= 11 is 13.4. The van der Waals surface area contributed by atoms with Crippen LogP contribution in [-0.4, -0.2) is 4.32 Å². The Hall–Kier alpha value is 0.01000. The summed E-state index contributed by atoms with van der Waals surface area (Å²) in [6.07, 6.45) is 0. The van der Waals surface area contributed by atoms with Crippen LogP contribution in [0.2, 0.25) is 0 Å². The molecule has 0 aliphatic heterocycles. The van der Waals surface area contributed by atoms with Gasteiger partial charge >= 0.3 is 0 Å². The standard InChI is InChI=1S/C7H3BrClFS/c8-6-2-1-4(10)3-5(6)7(9)11/h1-3H. The van der Waals surface area contributed by atoms with E-state index in [2.05, 4.69) is 28.1 Å². The maximum Gasteiger partial charge on any atom is 0.123 e. The molecule has 1 aromatic carbocycles. The Labute approximate surface area is 82.5 Å². The highest BCUT2D eigenvalue weighted by atomic mass is 79.9. The molecule has 0 aliphatic carbocycles. The van der Waals surface area contributed by atoms with Crippen molar-refractivity contribution in [3.63, 3.8) is 0 Å². The lowest BCUT2D eigenvalue weighted by molar-refractivity contribution is 0.627. The Morgan fingerprint density at radius 2 is 2.18 bits per heavy atom. The van der Waals surface area contributed by atoms with Gasteiger partial charge in [-0.3, -0.25) is 0 Å². The average molecular weight is 254 g/mol. The van der Waals surface area contributed by atoms with Gasteiger partial charge in [0.2, 0.25) is 0 Å². The van der Waals surface area contributed by atoms with Gasteiger partial charge in [-0.25, -0.2) is 4.39 Å². The Kier molecular flexibility index (Phi) is 2.98. The van der Waals surface area contributed by atoms with E-state index in [0.29, 0.717) is 10.0 Å². The van der Waals surface area contributed by atoms with Gasteiger partial charge in [-0.15, -0.1) is 0 Å². The fourth-order valence-corrected chi connectivity index (χ4v) is 1.66. The molecule has 0 aromatic heterocycles. The average Bonchev–Trinajstić information content (AvgIpc) is 1.94. The van der Waals surface area contributed by atoms with Crippen LogP contribution in [0, 0.1) is 5.82 Å². The summed E-state index contributed by atoms with van der Waals surface area (Å²) in [5, 5.41) is 0. The molecule has 0 saturated carbocycles. The van der Waals surface area contributed by atoms with Crippen LogP contribution >= 0.6 is 39.7 Å². The van der Waals surface area contributed by atoms with Crippen LogP contribution in [0.1, 0.15) is 5.56 Å². The van der Waals surface area contributed by atoms with Crippen molar-refractivity contribution >= 4 is 44.1 Å². The zero-order chi connectivity index (χ0) is 8.43. The van der Waals surface area contributed by atoms with Gasteiger partial charge in [0.25, 0.3) is 0 Å². The highest BCUT2D eigenvalue weighted by Crippen LogP contribution is 2.19. The second-order valence-electron chi connectivity index (χ2n) is 1.90. The first-order valence-electron chi connectivity index (χ1n) is 2.76. The first kappa shape index (κ1) is 9.10. The third kappa shape index (κ3) is 2.22. The molecule has 58 valence electrons. The zero-order valence-corrected chi connectivity index (χ0v) is 8.43. The van der Waals surface area contributed by atoms with E-state index in [-0.39, 0.29) is 10.1 Å². The fraction of sp³-hybridized carbons (Fsp3) is 0. The van der Waals surface area contributed by atoms with Crippen LogP contribution < -0.4 is 0 Å². The van der Waals surface area contributed by atoms with Crippen LogP contribution in [0.4, 0.5) is 4.39 Å². The van der Waals surface area contributed by atoms with Crippen LogP contribution in [0.15, 0.2) is 22.7 Å². The van der Waals surface area contributed by atoms with Crippen LogP contribution in [0.5, 0.6) is 0 Å². The predicted molar refractivity (Wildman–Crippen MR) is 51.7 cm³/mol. The van der Waals surface area contributed by atoms with Crippen LogP contribution in [-0.2, 0) is 0 Å². The molecule has 0 amide bonds. The SMILES string of the molecule is Fc1ccc(Br)c(C(=S)Cl)c1. The molecule has 1 rings (SSSR count). The molecule has 0 heterocycles. The molecule has 0 saturated heterocycles. The van der Waals surface area contributed by atoms with Gasteiger partial charge in [-0.1, -0.05) is 39.7 Å². The van der Waals surface area contributed by atoms with E-state index >= 15 is 0 Å². The van der Waals surface area contributed by atoms with Crippen molar-refractivity contribution in [2.45, 2.75) is 0 Å². The number of hydrogen-bond acceptors (Lipinski definition) is 1. The van der Waals surface area contributed by atoms with Crippen molar-refractivity contribution in [1.29, 1.82) is 0 Å². The van der Waals surface area contributed by atoms with Gasteiger partial charge in [-0.05, 0) is 18.2 Å². The highest BCUT2D eigenvalue weighted by Gasteiger charge is 2.03. The molecule has 0 unspecified atom stereocenters. The van der Waals surface area contributed by atoms with E-state index < -0.39 is 0 Å². The number of thiocarbonyl (C=S) groups is 1. The van der Waals surface area contributed by atoms with E-state index in [9.17, 15) is 4.39 Å². The van der Waals surface area contributed by atoms with Crippen molar-refractivity contribution in [3.8, 4) is 0 Å². The van der Waals surface area contributed by atoms with E-state index in [1.807, 2.05) is 0 Å². The number of halogens is 3. The molecule has 0 spiro atoms. The second-order valence-corrected chi connectivity index (χ2v) is 3.76. The van der Waals surface area contributed by atoms with Gasteiger partial charge in [0.1, 0.15) is 10.1 Å². The van der Waals surface area contributed by atoms with Crippen LogP contribution in [0.25, 0.3) is 0 Å². The smallest absolute Gasteiger partial charge is 0.123 e. The summed E-state index contributed by atoms with van der Waals surface area (Å²) in [4.78, 5) is 0. The van der Waals surface area contributed by atoms with Gasteiger partial charge in [0.15, 0.2) is 0 Å². The van der Waals surface area contributed by atoms with Crippen molar-refractivity contribution in [2.24, 2.45) is 0 Å². The minimum atomic E-state index is -0.341. The maximum atomic E-state index is 12.6. The molecule has 0 fully saturated rings. The lowest BCUT2D eigenvalue weighted by Gasteiger charge is -1.98. The van der Waals surface area contributed by atoms with Crippen molar-refractivity contribution in [2.75, 3.05) is 0 Å². The minimum absolute atomic E-state index is 0.163. The van der Waals surface area contributed by atoms with Gasteiger partial charge in [0, 0.05) is 10.0 Å². The van der Waals surface area contributed by atoms with E-state index in [0.717, 1.165) is 0 Å². The van der Waals surface area contributed by atoms with Crippen molar-refractivity contribution in [1.82, 2.24) is 0 Å². The molecule has 0 bridgehead atoms. The fourth-order valence-electron chi connectivity index (χ4n) is 0.648. The first-order chi connectivity index (χ1) is 5.11. The van der Waals surface area contributed by atoms with E-state index in [4.69, 9.17) is 11.6 Å². The highest BCUT2D eigenvalue weighted by molar-refractivity contribution is 9.10. The molecule has 1 aromatic rings. The maximum absolute atomic E-state index is 12.6. The number of rotatable bonds is 1. The Morgan fingerprint density at radius 3 is 2.64 bits per heavy atom. The molecule has 0 aliphatic rings. The molecule has 0 nitrogen and oxygen atoms in total. The zero-order valence-electron chi connectivity index (χ0n) is 5.27. The molecule has 0 N–H and O–H groups in total. The van der Waals surface area contributed by atoms with Gasteiger partial charge in [0.05, 0.1) is 0 Å². The topological polar surface area (TPSA) is 0 Å². The summed E-state index contributed by atoms with van der Waals surface area (Å²) in [7, 11) is 0.